The van der Waals surface area contributed by atoms with Crippen molar-refractivity contribution in [2.45, 2.75) is 32.9 Å². The number of rotatable bonds is 6. The van der Waals surface area contributed by atoms with Crippen LogP contribution in [0.4, 0.5) is 0 Å². The normalized spacial score (nSPS) is 11.8. The Hall–Kier alpha value is -0.720. The van der Waals surface area contributed by atoms with Gasteiger partial charge in [0.05, 0.1) is 30.4 Å². The molecule has 1 rings (SSSR count). The smallest absolute Gasteiger partial charge is 0.195 e. The van der Waals surface area contributed by atoms with Gasteiger partial charge in [0.1, 0.15) is 5.69 Å². The van der Waals surface area contributed by atoms with Crippen LogP contribution >= 0.6 is 15.9 Å². The molecule has 0 spiro atoms. The number of carbonyl (C=O) groups is 1. The van der Waals surface area contributed by atoms with Gasteiger partial charge in [-0.15, -0.1) is 0 Å². The molecule has 0 fully saturated rings. The van der Waals surface area contributed by atoms with E-state index in [-0.39, 0.29) is 11.3 Å². The van der Waals surface area contributed by atoms with Gasteiger partial charge in [-0.05, 0) is 36.7 Å². The van der Waals surface area contributed by atoms with Gasteiger partial charge in [-0.3, -0.25) is 9.48 Å². The molecule has 5 nitrogen and oxygen atoms in total. The number of Topliss-reactive ketones (excluding diaryl/α,β-unsaturated/α-hetero) is 1. The van der Waals surface area contributed by atoms with Gasteiger partial charge in [-0.1, -0.05) is 0 Å². The number of ether oxygens (including phenoxy) is 1. The third-order valence-corrected chi connectivity index (χ3v) is 2.93. The van der Waals surface area contributed by atoms with Gasteiger partial charge in [0.15, 0.2) is 5.78 Å². The minimum absolute atomic E-state index is 0.0189. The van der Waals surface area contributed by atoms with Crippen molar-refractivity contribution in [1.82, 2.24) is 15.1 Å². The molecule has 0 aliphatic carbocycles. The van der Waals surface area contributed by atoms with E-state index in [1.165, 1.54) is 0 Å². The lowest BCUT2D eigenvalue weighted by molar-refractivity contribution is 0.0967. The number of halogens is 1. The Morgan fingerprint density at radius 2 is 2.22 bits per heavy atom. The zero-order valence-electron chi connectivity index (χ0n) is 11.3. The molecule has 1 aromatic heterocycles. The Morgan fingerprint density at radius 1 is 1.56 bits per heavy atom. The third-order valence-electron chi connectivity index (χ3n) is 2.35. The average Bonchev–Trinajstić information content (AvgIpc) is 2.64. The summed E-state index contributed by atoms with van der Waals surface area (Å²) in [4.78, 5) is 12.2. The molecule has 0 bridgehead atoms. The van der Waals surface area contributed by atoms with Crippen LogP contribution in [0.3, 0.4) is 0 Å². The first-order valence-corrected chi connectivity index (χ1v) is 6.63. The highest BCUT2D eigenvalue weighted by Gasteiger charge is 2.19. The molecule has 102 valence electrons. The Balaban J connectivity index is 2.75. The number of ketones is 1. The van der Waals surface area contributed by atoms with Crippen molar-refractivity contribution >= 4 is 21.7 Å². The van der Waals surface area contributed by atoms with Crippen LogP contribution in [0, 0.1) is 0 Å². The Morgan fingerprint density at radius 3 is 2.78 bits per heavy atom. The van der Waals surface area contributed by atoms with Crippen molar-refractivity contribution < 1.29 is 9.53 Å². The Labute approximate surface area is 116 Å². The Kier molecular flexibility index (Phi) is 5.49. The maximum atomic E-state index is 12.2. The maximum absolute atomic E-state index is 12.2. The van der Waals surface area contributed by atoms with E-state index in [2.05, 4.69) is 26.3 Å². The number of nitrogens with zero attached hydrogens (tertiary/aromatic N) is 2. The minimum atomic E-state index is -0.0838. The standard InChI is InChI=1S/C12H20BrN3O2/c1-12(2,3)14-8-10(17)11-9(13)7-15-16(11)5-6-18-4/h7,14H,5-6,8H2,1-4H3. The zero-order chi connectivity index (χ0) is 13.8. The van der Waals surface area contributed by atoms with Gasteiger partial charge in [0.2, 0.25) is 0 Å². The van der Waals surface area contributed by atoms with Crippen molar-refractivity contribution in [3.8, 4) is 0 Å². The zero-order valence-corrected chi connectivity index (χ0v) is 12.9. The molecule has 0 radical (unpaired) electrons. The quantitative estimate of drug-likeness (QED) is 0.814. The van der Waals surface area contributed by atoms with E-state index in [0.717, 1.165) is 4.47 Å². The molecule has 1 heterocycles. The second-order valence-corrected chi connectivity index (χ2v) is 5.94. The highest BCUT2D eigenvalue weighted by Crippen LogP contribution is 2.16. The molecule has 0 unspecified atom stereocenters. The minimum Gasteiger partial charge on any atom is -0.383 e. The lowest BCUT2D eigenvalue weighted by Gasteiger charge is -2.20. The van der Waals surface area contributed by atoms with Crippen LogP contribution < -0.4 is 5.32 Å². The van der Waals surface area contributed by atoms with E-state index in [1.807, 2.05) is 20.8 Å². The molecule has 0 saturated carbocycles. The van der Waals surface area contributed by atoms with Crippen LogP contribution in [0.25, 0.3) is 0 Å². The van der Waals surface area contributed by atoms with E-state index in [4.69, 9.17) is 4.74 Å². The molecule has 0 amide bonds. The second-order valence-electron chi connectivity index (χ2n) is 5.08. The molecular formula is C12H20BrN3O2. The van der Waals surface area contributed by atoms with Gasteiger partial charge < -0.3 is 10.1 Å². The molecule has 0 atom stereocenters. The number of nitrogens with one attached hydrogen (secondary N) is 1. The van der Waals surface area contributed by atoms with Gasteiger partial charge in [0.25, 0.3) is 0 Å². The van der Waals surface area contributed by atoms with Gasteiger partial charge in [-0.2, -0.15) is 5.10 Å². The topological polar surface area (TPSA) is 56.2 Å². The number of hydrogen-bond acceptors (Lipinski definition) is 4. The van der Waals surface area contributed by atoms with E-state index in [0.29, 0.717) is 25.4 Å². The summed E-state index contributed by atoms with van der Waals surface area (Å²) in [6, 6.07) is 0. The van der Waals surface area contributed by atoms with Crippen LogP contribution in [0.2, 0.25) is 0 Å². The average molecular weight is 318 g/mol. The van der Waals surface area contributed by atoms with Crippen molar-refractivity contribution in [1.29, 1.82) is 0 Å². The van der Waals surface area contributed by atoms with Crippen LogP contribution in [0.15, 0.2) is 10.7 Å². The lowest BCUT2D eigenvalue weighted by atomic mass is 10.1. The van der Waals surface area contributed by atoms with E-state index in [9.17, 15) is 4.79 Å². The van der Waals surface area contributed by atoms with Gasteiger partial charge >= 0.3 is 0 Å². The third kappa shape index (κ3) is 4.51. The monoisotopic (exact) mass is 317 g/mol. The van der Waals surface area contributed by atoms with Gasteiger partial charge in [-0.25, -0.2) is 0 Å². The molecule has 1 N–H and O–H groups in total. The highest BCUT2D eigenvalue weighted by molar-refractivity contribution is 9.10. The Bertz CT molecular complexity index is 410. The molecule has 18 heavy (non-hydrogen) atoms. The van der Waals surface area contributed by atoms with Crippen molar-refractivity contribution in [3.63, 3.8) is 0 Å². The molecule has 0 aromatic carbocycles. The summed E-state index contributed by atoms with van der Waals surface area (Å²) in [5.74, 6) is 0.0189. The van der Waals surface area contributed by atoms with Gasteiger partial charge in [0, 0.05) is 12.6 Å². The summed E-state index contributed by atoms with van der Waals surface area (Å²) in [5, 5.41) is 7.34. The first-order chi connectivity index (χ1) is 8.35. The molecule has 6 heteroatoms. The number of aromatic nitrogens is 2. The lowest BCUT2D eigenvalue weighted by Crippen LogP contribution is -2.39. The molecule has 0 saturated heterocycles. The summed E-state index contributed by atoms with van der Waals surface area (Å²) in [7, 11) is 1.63. The fourth-order valence-corrected chi connectivity index (χ4v) is 1.93. The summed E-state index contributed by atoms with van der Waals surface area (Å²) in [5.41, 5.74) is 0.503. The molecule has 0 aliphatic rings. The first kappa shape index (κ1) is 15.3. The highest BCUT2D eigenvalue weighted by atomic mass is 79.9. The fraction of sp³-hybridized carbons (Fsp3) is 0.667. The summed E-state index contributed by atoms with van der Waals surface area (Å²) in [6.45, 7) is 7.47. The van der Waals surface area contributed by atoms with E-state index in [1.54, 1.807) is 18.0 Å². The predicted octanol–water partition coefficient (Wildman–Crippen LogP) is 1.86. The summed E-state index contributed by atoms with van der Waals surface area (Å²) < 4.78 is 7.39. The van der Waals surface area contributed by atoms with Crippen molar-refractivity contribution in [2.75, 3.05) is 20.3 Å². The van der Waals surface area contributed by atoms with Crippen molar-refractivity contribution in [2.24, 2.45) is 0 Å². The fourth-order valence-electron chi connectivity index (χ4n) is 1.42. The summed E-state index contributed by atoms with van der Waals surface area (Å²) >= 11 is 3.36. The molecule has 0 aliphatic heterocycles. The van der Waals surface area contributed by atoms with Crippen LogP contribution in [-0.2, 0) is 11.3 Å². The van der Waals surface area contributed by atoms with Crippen LogP contribution in [0.5, 0.6) is 0 Å². The SMILES string of the molecule is COCCn1ncc(Br)c1C(=O)CNC(C)(C)C. The first-order valence-electron chi connectivity index (χ1n) is 5.83. The molecule has 1 aromatic rings. The number of carbonyl (C=O) groups excluding carboxylic acids is 1. The largest absolute Gasteiger partial charge is 0.383 e. The number of methoxy groups -OCH3 is 1. The van der Waals surface area contributed by atoms with Crippen LogP contribution in [0.1, 0.15) is 31.3 Å². The second kappa shape index (κ2) is 6.45. The maximum Gasteiger partial charge on any atom is 0.195 e. The van der Waals surface area contributed by atoms with Crippen molar-refractivity contribution in [3.05, 3.63) is 16.4 Å². The molecular weight excluding hydrogens is 298 g/mol. The van der Waals surface area contributed by atoms with E-state index >= 15 is 0 Å². The summed E-state index contributed by atoms with van der Waals surface area (Å²) in [6.07, 6.45) is 1.64. The number of hydrogen-bond donors (Lipinski definition) is 1. The van der Waals surface area contributed by atoms with Crippen LogP contribution in [-0.4, -0.2) is 41.4 Å². The predicted molar refractivity (Wildman–Crippen MR) is 73.9 cm³/mol. The van der Waals surface area contributed by atoms with E-state index < -0.39 is 0 Å².